The summed E-state index contributed by atoms with van der Waals surface area (Å²) >= 11 is 0. The van der Waals surface area contributed by atoms with Crippen LogP contribution >= 0.6 is 0 Å². The van der Waals surface area contributed by atoms with Gasteiger partial charge in [0.25, 0.3) is 0 Å². The highest BCUT2D eigenvalue weighted by atomic mass is 28.4. The van der Waals surface area contributed by atoms with Gasteiger partial charge in [0.2, 0.25) is 0 Å². The van der Waals surface area contributed by atoms with Crippen molar-refractivity contribution in [2.45, 2.75) is 64.0 Å². The molecule has 0 unspecified atom stereocenters. The van der Waals surface area contributed by atoms with E-state index in [9.17, 15) is 0 Å². The Morgan fingerprint density at radius 2 is 1.86 bits per heavy atom. The van der Waals surface area contributed by atoms with E-state index < -0.39 is 8.32 Å². The Hall–Kier alpha value is -1.31. The quantitative estimate of drug-likeness (QED) is 0.770. The Bertz CT molecular complexity index is 536. The number of nitriles is 1. The molecule has 0 bridgehead atoms. The minimum absolute atomic E-state index is 0.216. The summed E-state index contributed by atoms with van der Waals surface area (Å²) in [4.78, 5) is 0. The molecule has 4 heteroatoms. The molecule has 0 amide bonds. The van der Waals surface area contributed by atoms with Gasteiger partial charge in [-0.3, -0.25) is 0 Å². The smallest absolute Gasteiger partial charge is 0.192 e. The van der Waals surface area contributed by atoms with Crippen LogP contribution in [0.25, 0.3) is 0 Å². The van der Waals surface area contributed by atoms with Crippen LogP contribution in [0.4, 0.5) is 0 Å². The minimum Gasteiger partial charge on any atom is -0.490 e. The van der Waals surface area contributed by atoms with Crippen LogP contribution in [-0.4, -0.2) is 20.5 Å². The molecule has 1 aromatic carbocycles. The summed E-state index contributed by atoms with van der Waals surface area (Å²) < 4.78 is 12.3. The van der Waals surface area contributed by atoms with Gasteiger partial charge in [0.05, 0.1) is 17.7 Å². The van der Waals surface area contributed by atoms with Crippen LogP contribution in [0.15, 0.2) is 24.3 Å². The van der Waals surface area contributed by atoms with E-state index in [4.69, 9.17) is 14.4 Å². The van der Waals surface area contributed by atoms with E-state index >= 15 is 0 Å². The van der Waals surface area contributed by atoms with Crippen molar-refractivity contribution in [2.75, 3.05) is 0 Å². The molecule has 2 rings (SSSR count). The minimum atomic E-state index is -1.67. The molecule has 0 heterocycles. The first-order chi connectivity index (χ1) is 9.71. The normalized spacial score (nSPS) is 22.3. The second-order valence-corrected chi connectivity index (χ2v) is 12.1. The third kappa shape index (κ3) is 3.87. The van der Waals surface area contributed by atoms with Crippen molar-refractivity contribution in [3.05, 3.63) is 29.8 Å². The fourth-order valence-electron chi connectivity index (χ4n) is 2.13. The fourth-order valence-corrected chi connectivity index (χ4v) is 3.51. The first kappa shape index (κ1) is 16.1. The zero-order valence-corrected chi connectivity index (χ0v) is 14.6. The second-order valence-electron chi connectivity index (χ2n) is 7.35. The van der Waals surface area contributed by atoms with E-state index in [1.54, 1.807) is 12.1 Å². The molecule has 0 N–H and O–H groups in total. The van der Waals surface area contributed by atoms with Crippen molar-refractivity contribution < 1.29 is 9.16 Å². The SMILES string of the molecule is CC(C)(C)[Si](C)(C)OC1CC(Oc2cccc(C#N)c2)C1. The van der Waals surface area contributed by atoms with E-state index in [0.29, 0.717) is 11.7 Å². The van der Waals surface area contributed by atoms with Crippen molar-refractivity contribution in [2.24, 2.45) is 0 Å². The van der Waals surface area contributed by atoms with Gasteiger partial charge >= 0.3 is 0 Å². The summed E-state index contributed by atoms with van der Waals surface area (Å²) in [5, 5.41) is 9.14. The molecule has 21 heavy (non-hydrogen) atoms. The van der Waals surface area contributed by atoms with Crippen LogP contribution in [-0.2, 0) is 4.43 Å². The molecule has 1 fully saturated rings. The lowest BCUT2D eigenvalue weighted by Crippen LogP contribution is -2.50. The molecule has 1 aromatic rings. The summed E-state index contributed by atoms with van der Waals surface area (Å²) in [7, 11) is -1.67. The summed E-state index contributed by atoms with van der Waals surface area (Å²) in [6, 6.07) is 9.48. The van der Waals surface area contributed by atoms with Crippen molar-refractivity contribution in [3.63, 3.8) is 0 Å². The molecule has 0 spiro atoms. The lowest BCUT2D eigenvalue weighted by Gasteiger charge is -2.44. The Morgan fingerprint density at radius 3 is 2.43 bits per heavy atom. The second kappa shape index (κ2) is 5.82. The molecule has 0 atom stereocenters. The number of nitrogens with zero attached hydrogens (tertiary/aromatic N) is 1. The van der Waals surface area contributed by atoms with Gasteiger partial charge in [-0.15, -0.1) is 0 Å². The fraction of sp³-hybridized carbons (Fsp3) is 0.588. The maximum atomic E-state index is 8.89. The predicted molar refractivity (Wildman–Crippen MR) is 86.9 cm³/mol. The zero-order chi connectivity index (χ0) is 15.7. The number of ether oxygens (including phenoxy) is 1. The van der Waals surface area contributed by atoms with E-state index in [1.807, 2.05) is 12.1 Å². The van der Waals surface area contributed by atoms with Crippen LogP contribution in [0.5, 0.6) is 5.75 Å². The summed E-state index contributed by atoms with van der Waals surface area (Å²) in [5.41, 5.74) is 0.640. The van der Waals surface area contributed by atoms with Crippen molar-refractivity contribution >= 4 is 8.32 Å². The van der Waals surface area contributed by atoms with Gasteiger partial charge in [0.15, 0.2) is 8.32 Å². The number of benzene rings is 1. The van der Waals surface area contributed by atoms with Crippen LogP contribution in [0.2, 0.25) is 18.1 Å². The third-order valence-electron chi connectivity index (χ3n) is 4.58. The maximum Gasteiger partial charge on any atom is 0.192 e. The van der Waals surface area contributed by atoms with Crippen LogP contribution in [0.3, 0.4) is 0 Å². The number of hydrogen-bond donors (Lipinski definition) is 0. The predicted octanol–water partition coefficient (Wildman–Crippen LogP) is 4.49. The summed E-state index contributed by atoms with van der Waals surface area (Å²) in [5.74, 6) is 0.782. The van der Waals surface area contributed by atoms with Crippen molar-refractivity contribution in [1.82, 2.24) is 0 Å². The van der Waals surface area contributed by atoms with Crippen molar-refractivity contribution in [3.8, 4) is 11.8 Å². The van der Waals surface area contributed by atoms with E-state index in [-0.39, 0.29) is 11.1 Å². The molecule has 1 aliphatic rings. The molecule has 0 aliphatic heterocycles. The lowest BCUT2D eigenvalue weighted by molar-refractivity contribution is -0.00313. The van der Waals surface area contributed by atoms with Crippen LogP contribution in [0.1, 0.15) is 39.2 Å². The zero-order valence-electron chi connectivity index (χ0n) is 13.6. The summed E-state index contributed by atoms with van der Waals surface area (Å²) in [6.45, 7) is 11.4. The van der Waals surface area contributed by atoms with Gasteiger partial charge < -0.3 is 9.16 Å². The first-order valence-electron chi connectivity index (χ1n) is 7.56. The van der Waals surface area contributed by atoms with E-state index in [1.165, 1.54) is 0 Å². The van der Waals surface area contributed by atoms with Gasteiger partial charge in [0, 0.05) is 12.8 Å². The molecule has 0 aromatic heterocycles. The van der Waals surface area contributed by atoms with Gasteiger partial charge in [-0.25, -0.2) is 0 Å². The Balaban J connectivity index is 1.83. The molecule has 1 saturated carbocycles. The standard InChI is InChI=1S/C17H25NO2Si/c1-17(2,3)21(4,5)20-16-10-15(11-16)19-14-8-6-7-13(9-14)12-18/h6-9,15-16H,10-11H2,1-5H3. The Morgan fingerprint density at radius 1 is 1.19 bits per heavy atom. The molecular formula is C17H25NO2Si. The summed E-state index contributed by atoms with van der Waals surface area (Å²) in [6.07, 6.45) is 2.44. The molecular weight excluding hydrogens is 278 g/mol. The molecule has 0 saturated heterocycles. The highest BCUT2D eigenvalue weighted by Gasteiger charge is 2.43. The Labute approximate surface area is 129 Å². The third-order valence-corrected chi connectivity index (χ3v) is 9.12. The van der Waals surface area contributed by atoms with E-state index in [0.717, 1.165) is 18.6 Å². The number of rotatable bonds is 4. The average Bonchev–Trinajstić information content (AvgIpc) is 2.35. The van der Waals surface area contributed by atoms with Gasteiger partial charge in [-0.2, -0.15) is 5.26 Å². The highest BCUT2D eigenvalue weighted by molar-refractivity contribution is 6.74. The average molecular weight is 303 g/mol. The first-order valence-corrected chi connectivity index (χ1v) is 10.5. The molecule has 114 valence electrons. The monoisotopic (exact) mass is 303 g/mol. The Kier molecular flexibility index (Phi) is 4.45. The molecule has 3 nitrogen and oxygen atoms in total. The highest BCUT2D eigenvalue weighted by Crippen LogP contribution is 2.40. The maximum absolute atomic E-state index is 8.89. The van der Waals surface area contributed by atoms with Crippen LogP contribution < -0.4 is 4.74 Å². The van der Waals surface area contributed by atoms with Gasteiger partial charge in [-0.1, -0.05) is 26.8 Å². The molecule has 0 radical (unpaired) electrons. The van der Waals surface area contributed by atoms with Crippen molar-refractivity contribution in [1.29, 1.82) is 5.26 Å². The largest absolute Gasteiger partial charge is 0.490 e. The van der Waals surface area contributed by atoms with Crippen LogP contribution in [0, 0.1) is 11.3 Å². The van der Waals surface area contributed by atoms with Gasteiger partial charge in [-0.05, 0) is 36.3 Å². The van der Waals surface area contributed by atoms with Gasteiger partial charge in [0.1, 0.15) is 11.9 Å². The topological polar surface area (TPSA) is 42.2 Å². The lowest BCUT2D eigenvalue weighted by atomic mass is 9.92. The molecule has 1 aliphatic carbocycles. The number of hydrogen-bond acceptors (Lipinski definition) is 3. The van der Waals surface area contributed by atoms with E-state index in [2.05, 4.69) is 39.9 Å².